The van der Waals surface area contributed by atoms with Gasteiger partial charge in [-0.1, -0.05) is 42.5 Å². The van der Waals surface area contributed by atoms with Crippen molar-refractivity contribution in [2.24, 2.45) is 0 Å². The highest BCUT2D eigenvalue weighted by Gasteiger charge is 2.29. The number of aryl methyl sites for hydroxylation is 1. The molecule has 2 heterocycles. The van der Waals surface area contributed by atoms with Crippen LogP contribution in [0.5, 0.6) is 0 Å². The molecule has 0 fully saturated rings. The molecule has 0 saturated carbocycles. The van der Waals surface area contributed by atoms with Gasteiger partial charge in [-0.05, 0) is 46.1 Å². The second kappa shape index (κ2) is 5.79. The predicted octanol–water partition coefficient (Wildman–Crippen LogP) is 4.59. The van der Waals surface area contributed by atoms with Crippen molar-refractivity contribution in [1.82, 2.24) is 4.57 Å². The first kappa shape index (κ1) is 16.3. The van der Waals surface area contributed by atoms with E-state index >= 15 is 0 Å². The van der Waals surface area contributed by atoms with E-state index in [1.807, 2.05) is 54.6 Å². The third-order valence-electron chi connectivity index (χ3n) is 5.16. The van der Waals surface area contributed by atoms with Gasteiger partial charge >= 0.3 is 5.63 Å². The molecule has 0 amide bonds. The molecule has 4 aromatic rings. The number of halogens is 1. The highest BCUT2D eigenvalue weighted by molar-refractivity contribution is 9.10. The van der Waals surface area contributed by atoms with Crippen molar-refractivity contribution in [3.05, 3.63) is 96.5 Å². The molecule has 0 saturated heterocycles. The molecule has 0 aliphatic heterocycles. The van der Waals surface area contributed by atoms with Gasteiger partial charge in [0.25, 0.3) is 5.56 Å². The third kappa shape index (κ3) is 2.21. The highest BCUT2D eigenvalue weighted by Crippen LogP contribution is 2.40. The summed E-state index contributed by atoms with van der Waals surface area (Å²) in [7, 11) is 0. The molecule has 2 aromatic heterocycles. The number of hydrogen-bond donors (Lipinski definition) is 0. The molecule has 2 aromatic carbocycles. The summed E-state index contributed by atoms with van der Waals surface area (Å²) >= 11 is 3.27. The Morgan fingerprint density at radius 3 is 2.48 bits per heavy atom. The largest absolute Gasteiger partial charge is 0.421 e. The molecule has 0 radical (unpaired) electrons. The van der Waals surface area contributed by atoms with Gasteiger partial charge in [0.15, 0.2) is 0 Å². The van der Waals surface area contributed by atoms with Gasteiger partial charge in [0.05, 0.1) is 11.1 Å². The van der Waals surface area contributed by atoms with Gasteiger partial charge in [0.1, 0.15) is 10.1 Å². The molecule has 1 aliphatic carbocycles. The predicted molar refractivity (Wildman–Crippen MR) is 109 cm³/mol. The number of benzene rings is 2. The fraction of sp³-hybridized carbons (Fsp3) is 0.0909. The smallest absolute Gasteiger partial charge is 0.350 e. The topological polar surface area (TPSA) is 52.2 Å². The van der Waals surface area contributed by atoms with E-state index in [4.69, 9.17) is 4.42 Å². The summed E-state index contributed by atoms with van der Waals surface area (Å²) in [5.74, 6) is 0. The Kier molecular flexibility index (Phi) is 3.49. The minimum atomic E-state index is -0.463. The molecule has 0 atom stereocenters. The van der Waals surface area contributed by atoms with Crippen LogP contribution in [0.3, 0.4) is 0 Å². The van der Waals surface area contributed by atoms with E-state index in [-0.39, 0.29) is 5.56 Å². The SMILES string of the molecule is Cc1c(Br)c(=O)oc2c3c(n(-c4ccccc4)c(=O)c12)-c1ccccc1C3. The van der Waals surface area contributed by atoms with Crippen molar-refractivity contribution in [2.45, 2.75) is 13.3 Å². The van der Waals surface area contributed by atoms with E-state index in [1.54, 1.807) is 11.5 Å². The Morgan fingerprint density at radius 1 is 1.00 bits per heavy atom. The summed E-state index contributed by atoms with van der Waals surface area (Å²) in [6, 6.07) is 17.6. The van der Waals surface area contributed by atoms with Crippen LogP contribution in [0.2, 0.25) is 0 Å². The number of aromatic nitrogens is 1. The lowest BCUT2D eigenvalue weighted by molar-refractivity contribution is 0.551. The summed E-state index contributed by atoms with van der Waals surface area (Å²) in [5, 5.41) is 0.442. The van der Waals surface area contributed by atoms with Crippen LogP contribution in [0.25, 0.3) is 27.9 Å². The molecular formula is C22H14BrNO3. The van der Waals surface area contributed by atoms with Crippen molar-refractivity contribution in [3.8, 4) is 16.9 Å². The van der Waals surface area contributed by atoms with E-state index in [0.717, 1.165) is 28.1 Å². The number of pyridine rings is 1. The fourth-order valence-electron chi connectivity index (χ4n) is 3.91. The molecule has 0 spiro atoms. The van der Waals surface area contributed by atoms with Crippen LogP contribution in [0.15, 0.2) is 73.1 Å². The zero-order valence-corrected chi connectivity index (χ0v) is 16.0. The molecule has 5 heteroatoms. The number of fused-ring (bicyclic) bond motifs is 5. The number of nitrogens with zero attached hydrogens (tertiary/aromatic N) is 1. The van der Waals surface area contributed by atoms with Crippen LogP contribution in [0.4, 0.5) is 0 Å². The number of para-hydroxylation sites is 1. The van der Waals surface area contributed by atoms with Crippen molar-refractivity contribution in [2.75, 3.05) is 0 Å². The number of rotatable bonds is 1. The average molecular weight is 420 g/mol. The van der Waals surface area contributed by atoms with Crippen molar-refractivity contribution >= 4 is 26.9 Å². The lowest BCUT2D eigenvalue weighted by atomic mass is 10.1. The minimum absolute atomic E-state index is 0.186. The van der Waals surface area contributed by atoms with Crippen molar-refractivity contribution in [1.29, 1.82) is 0 Å². The zero-order chi connectivity index (χ0) is 18.7. The lowest BCUT2D eigenvalue weighted by Gasteiger charge is -2.16. The summed E-state index contributed by atoms with van der Waals surface area (Å²) < 4.78 is 7.64. The summed E-state index contributed by atoms with van der Waals surface area (Å²) in [5.41, 5.74) is 4.94. The standard InChI is InChI=1S/C22H14BrNO3/c1-12-17-20(27-22(26)18(12)23)16-11-13-7-5-6-10-15(13)19(16)24(21(17)25)14-8-3-2-4-9-14/h2-10H,11H2,1H3. The molecule has 0 N–H and O–H groups in total. The first-order valence-corrected chi connectivity index (χ1v) is 9.41. The van der Waals surface area contributed by atoms with Crippen LogP contribution in [-0.4, -0.2) is 4.57 Å². The molecule has 27 heavy (non-hydrogen) atoms. The first-order chi connectivity index (χ1) is 13.1. The van der Waals surface area contributed by atoms with Crippen LogP contribution < -0.4 is 11.2 Å². The van der Waals surface area contributed by atoms with Gasteiger partial charge < -0.3 is 4.42 Å². The lowest BCUT2D eigenvalue weighted by Crippen LogP contribution is -2.23. The van der Waals surface area contributed by atoms with Gasteiger partial charge in [-0.2, -0.15) is 0 Å². The van der Waals surface area contributed by atoms with Gasteiger partial charge in [-0.3, -0.25) is 9.36 Å². The number of hydrogen-bond acceptors (Lipinski definition) is 3. The van der Waals surface area contributed by atoms with Gasteiger partial charge in [-0.15, -0.1) is 0 Å². The van der Waals surface area contributed by atoms with E-state index < -0.39 is 5.63 Å². The Morgan fingerprint density at radius 2 is 1.70 bits per heavy atom. The summed E-state index contributed by atoms with van der Waals surface area (Å²) in [6.07, 6.45) is 0.624. The van der Waals surface area contributed by atoms with Crippen molar-refractivity contribution in [3.63, 3.8) is 0 Å². The van der Waals surface area contributed by atoms with E-state index in [9.17, 15) is 9.59 Å². The second-order valence-corrected chi connectivity index (χ2v) is 7.46. The first-order valence-electron chi connectivity index (χ1n) is 8.62. The molecule has 0 unspecified atom stereocenters. The quantitative estimate of drug-likeness (QED) is 0.399. The van der Waals surface area contributed by atoms with Crippen LogP contribution in [0.1, 0.15) is 16.7 Å². The van der Waals surface area contributed by atoms with E-state index in [0.29, 0.717) is 27.4 Å². The Labute approximate surface area is 162 Å². The van der Waals surface area contributed by atoms with E-state index in [2.05, 4.69) is 15.9 Å². The minimum Gasteiger partial charge on any atom is -0.421 e. The van der Waals surface area contributed by atoms with Crippen LogP contribution >= 0.6 is 15.9 Å². The maximum atomic E-state index is 13.6. The van der Waals surface area contributed by atoms with E-state index in [1.165, 1.54) is 0 Å². The Hall–Kier alpha value is -2.92. The normalized spacial score (nSPS) is 12.2. The summed E-state index contributed by atoms with van der Waals surface area (Å²) in [4.78, 5) is 25.8. The summed E-state index contributed by atoms with van der Waals surface area (Å²) in [6.45, 7) is 1.77. The van der Waals surface area contributed by atoms with Gasteiger partial charge in [0.2, 0.25) is 0 Å². The molecule has 0 bridgehead atoms. The maximum absolute atomic E-state index is 13.6. The zero-order valence-electron chi connectivity index (χ0n) is 14.5. The van der Waals surface area contributed by atoms with Gasteiger partial charge in [0, 0.05) is 23.2 Å². The highest BCUT2D eigenvalue weighted by atomic mass is 79.9. The van der Waals surface area contributed by atoms with Crippen molar-refractivity contribution < 1.29 is 4.42 Å². The molecule has 5 rings (SSSR count). The molecule has 132 valence electrons. The Balaban J connectivity index is 2.06. The van der Waals surface area contributed by atoms with Crippen LogP contribution in [-0.2, 0) is 6.42 Å². The molecular weight excluding hydrogens is 406 g/mol. The average Bonchev–Trinajstić information content (AvgIpc) is 3.06. The molecule has 1 aliphatic rings. The fourth-order valence-corrected chi connectivity index (χ4v) is 4.19. The monoisotopic (exact) mass is 419 g/mol. The second-order valence-electron chi connectivity index (χ2n) is 6.67. The van der Waals surface area contributed by atoms with Crippen LogP contribution in [0, 0.1) is 6.92 Å². The Bertz CT molecular complexity index is 1350. The molecule has 4 nitrogen and oxygen atoms in total. The maximum Gasteiger partial charge on any atom is 0.350 e. The third-order valence-corrected chi connectivity index (χ3v) is 6.08. The van der Waals surface area contributed by atoms with Gasteiger partial charge in [-0.25, -0.2) is 4.79 Å².